The Bertz CT molecular complexity index is 634. The summed E-state index contributed by atoms with van der Waals surface area (Å²) in [6.07, 6.45) is 0. The second-order valence-corrected chi connectivity index (χ2v) is 4.43. The van der Waals surface area contributed by atoms with Crippen molar-refractivity contribution in [3.05, 3.63) is 22.3 Å². The molecule has 0 aliphatic rings. The van der Waals surface area contributed by atoms with E-state index in [9.17, 15) is 8.78 Å². The third-order valence-corrected chi connectivity index (χ3v) is 2.97. The molecule has 0 atom stereocenters. The van der Waals surface area contributed by atoms with Crippen LogP contribution in [0.25, 0.3) is 11.3 Å². The van der Waals surface area contributed by atoms with E-state index in [1.807, 2.05) is 0 Å². The summed E-state index contributed by atoms with van der Waals surface area (Å²) in [7, 11) is 2.83. The van der Waals surface area contributed by atoms with Gasteiger partial charge in [-0.2, -0.15) is 13.9 Å². The van der Waals surface area contributed by atoms with Gasteiger partial charge in [0.2, 0.25) is 11.8 Å². The monoisotopic (exact) mass is 323 g/mol. The van der Waals surface area contributed by atoms with E-state index < -0.39 is 6.61 Å². The molecule has 0 spiro atoms. The maximum Gasteiger partial charge on any atom is 0.388 e. The Balaban J connectivity index is 2.54. The predicted molar refractivity (Wildman–Crippen MR) is 69.6 cm³/mol. The number of aryl methyl sites for hydroxylation is 1. The van der Waals surface area contributed by atoms with Crippen molar-refractivity contribution in [2.45, 2.75) is 6.61 Å². The van der Waals surface area contributed by atoms with Crippen molar-refractivity contribution in [2.24, 2.45) is 7.05 Å². The van der Waals surface area contributed by atoms with E-state index in [-0.39, 0.29) is 27.6 Å². The van der Waals surface area contributed by atoms with E-state index in [1.165, 1.54) is 20.2 Å². The summed E-state index contributed by atoms with van der Waals surface area (Å²) in [5.74, 6) is -0.0604. The van der Waals surface area contributed by atoms with Crippen LogP contribution in [0.4, 0.5) is 8.78 Å². The quantitative estimate of drug-likeness (QED) is 0.809. The Morgan fingerprint density at radius 2 is 2.00 bits per heavy atom. The molecule has 9 heteroatoms. The van der Waals surface area contributed by atoms with Crippen LogP contribution in [0.1, 0.15) is 0 Å². The van der Waals surface area contributed by atoms with Gasteiger partial charge in [-0.25, -0.2) is 9.67 Å². The molecule has 2 aromatic heterocycles. The molecule has 2 aromatic rings. The van der Waals surface area contributed by atoms with Crippen LogP contribution in [-0.4, -0.2) is 28.5 Å². The first-order valence-corrected chi connectivity index (χ1v) is 6.07. The molecule has 0 amide bonds. The van der Waals surface area contributed by atoms with Gasteiger partial charge in [0.05, 0.1) is 12.7 Å². The van der Waals surface area contributed by atoms with Gasteiger partial charge < -0.3 is 9.47 Å². The van der Waals surface area contributed by atoms with Crippen molar-refractivity contribution in [3.8, 4) is 23.0 Å². The van der Waals surface area contributed by atoms with Gasteiger partial charge in [-0.3, -0.25) is 0 Å². The van der Waals surface area contributed by atoms with Crippen molar-refractivity contribution in [1.82, 2.24) is 14.8 Å². The van der Waals surface area contributed by atoms with Crippen LogP contribution in [0, 0.1) is 0 Å². The van der Waals surface area contributed by atoms with Crippen LogP contribution in [0.5, 0.6) is 11.8 Å². The molecule has 0 aromatic carbocycles. The van der Waals surface area contributed by atoms with Crippen molar-refractivity contribution in [1.29, 1.82) is 0 Å². The van der Waals surface area contributed by atoms with Gasteiger partial charge in [0.25, 0.3) is 0 Å². The summed E-state index contributed by atoms with van der Waals surface area (Å²) >= 11 is 11.8. The first kappa shape index (κ1) is 14.8. The third-order valence-electron chi connectivity index (χ3n) is 2.42. The molecule has 20 heavy (non-hydrogen) atoms. The number of rotatable bonds is 4. The lowest BCUT2D eigenvalue weighted by Gasteiger charge is -2.05. The number of methoxy groups -OCH3 is 1. The van der Waals surface area contributed by atoms with Gasteiger partial charge >= 0.3 is 6.61 Å². The Kier molecular flexibility index (Phi) is 4.29. The zero-order valence-electron chi connectivity index (χ0n) is 10.4. The van der Waals surface area contributed by atoms with Crippen molar-refractivity contribution in [2.75, 3.05) is 7.11 Å². The van der Waals surface area contributed by atoms with Gasteiger partial charge in [0, 0.05) is 7.05 Å². The number of aromatic nitrogens is 3. The second kappa shape index (κ2) is 5.80. The van der Waals surface area contributed by atoms with E-state index in [4.69, 9.17) is 27.9 Å². The minimum Gasteiger partial charge on any atom is -0.480 e. The second-order valence-electron chi connectivity index (χ2n) is 3.66. The summed E-state index contributed by atoms with van der Waals surface area (Å²) in [5, 5.41) is 4.20. The molecule has 108 valence electrons. The van der Waals surface area contributed by atoms with Gasteiger partial charge in [0.1, 0.15) is 15.9 Å². The highest BCUT2D eigenvalue weighted by atomic mass is 35.5. The van der Waals surface area contributed by atoms with Crippen LogP contribution in [0.2, 0.25) is 10.2 Å². The molecule has 0 aliphatic heterocycles. The molecule has 2 heterocycles. The van der Waals surface area contributed by atoms with Gasteiger partial charge in [0.15, 0.2) is 0 Å². The lowest BCUT2D eigenvalue weighted by atomic mass is 10.2. The lowest BCUT2D eigenvalue weighted by molar-refractivity contribution is -0.0552. The fourth-order valence-corrected chi connectivity index (χ4v) is 2.07. The predicted octanol–water partition coefficient (Wildman–Crippen LogP) is 3.40. The molecule has 0 N–H and O–H groups in total. The maximum absolute atomic E-state index is 12.3. The highest BCUT2D eigenvalue weighted by molar-refractivity contribution is 6.34. The van der Waals surface area contributed by atoms with Crippen LogP contribution < -0.4 is 9.47 Å². The highest BCUT2D eigenvalue weighted by Crippen LogP contribution is 2.39. The summed E-state index contributed by atoms with van der Waals surface area (Å²) < 4.78 is 35.1. The third kappa shape index (κ3) is 2.78. The maximum atomic E-state index is 12.3. The Morgan fingerprint density at radius 3 is 2.60 bits per heavy atom. The largest absolute Gasteiger partial charge is 0.480 e. The summed E-state index contributed by atoms with van der Waals surface area (Å²) in [5.41, 5.74) is 0.632. The minimum absolute atomic E-state index is 0.0600. The number of halogens is 4. The van der Waals surface area contributed by atoms with Crippen molar-refractivity contribution in [3.63, 3.8) is 0 Å². The van der Waals surface area contributed by atoms with E-state index in [1.54, 1.807) is 6.07 Å². The van der Waals surface area contributed by atoms with E-state index in [2.05, 4.69) is 14.8 Å². The Hall–Kier alpha value is -1.60. The van der Waals surface area contributed by atoms with Crippen LogP contribution in [0.3, 0.4) is 0 Å². The number of hydrogen-bond donors (Lipinski definition) is 0. The average Bonchev–Trinajstić information content (AvgIpc) is 2.66. The number of pyridine rings is 1. The minimum atomic E-state index is -3.00. The first-order chi connectivity index (χ1) is 9.43. The molecule has 0 saturated carbocycles. The molecular formula is C11H9Cl2F2N3O2. The molecule has 0 unspecified atom stereocenters. The zero-order chi connectivity index (χ0) is 14.9. The smallest absolute Gasteiger partial charge is 0.388 e. The summed E-state index contributed by atoms with van der Waals surface area (Å²) in [4.78, 5) is 3.96. The molecule has 0 aliphatic carbocycles. The zero-order valence-corrected chi connectivity index (χ0v) is 11.9. The first-order valence-electron chi connectivity index (χ1n) is 5.32. The molecule has 0 radical (unpaired) electrons. The average molecular weight is 324 g/mol. The van der Waals surface area contributed by atoms with Crippen LogP contribution >= 0.6 is 23.2 Å². The fraction of sp³-hybridized carbons (Fsp3) is 0.273. The molecule has 0 fully saturated rings. The molecular weight excluding hydrogens is 315 g/mol. The number of hydrogen-bond acceptors (Lipinski definition) is 4. The van der Waals surface area contributed by atoms with Crippen molar-refractivity contribution < 1.29 is 18.3 Å². The van der Waals surface area contributed by atoms with E-state index >= 15 is 0 Å². The number of ether oxygens (including phenoxy) is 2. The number of nitrogens with zero attached hydrogens (tertiary/aromatic N) is 3. The fourth-order valence-electron chi connectivity index (χ4n) is 1.62. The Labute approximate surface area is 123 Å². The summed E-state index contributed by atoms with van der Waals surface area (Å²) in [6, 6.07) is 3.09. The molecule has 0 saturated heterocycles. The van der Waals surface area contributed by atoms with Gasteiger partial charge in [-0.15, -0.1) is 0 Å². The van der Waals surface area contributed by atoms with Gasteiger partial charge in [-0.1, -0.05) is 23.2 Å². The van der Waals surface area contributed by atoms with Crippen LogP contribution in [0.15, 0.2) is 12.1 Å². The van der Waals surface area contributed by atoms with Crippen molar-refractivity contribution >= 4 is 23.2 Å². The topological polar surface area (TPSA) is 49.2 Å². The van der Waals surface area contributed by atoms with E-state index in [0.29, 0.717) is 5.56 Å². The molecule has 5 nitrogen and oxygen atoms in total. The molecule has 0 bridgehead atoms. The number of alkyl halides is 2. The van der Waals surface area contributed by atoms with Gasteiger partial charge in [-0.05, 0) is 12.1 Å². The standard InChI is InChI=1S/C11H9Cl2F2N3O2/c1-18-10(20-11(14)15)7(13)8(17-18)5-3-4-6(12)16-9(5)19-2/h3-4,11H,1-2H3. The molecule has 2 rings (SSSR count). The highest BCUT2D eigenvalue weighted by Gasteiger charge is 2.22. The lowest BCUT2D eigenvalue weighted by Crippen LogP contribution is -2.06. The summed E-state index contributed by atoms with van der Waals surface area (Å²) in [6.45, 7) is -3.00. The Morgan fingerprint density at radius 1 is 1.30 bits per heavy atom. The SMILES string of the molecule is COc1nc(Cl)ccc1-c1nn(C)c(OC(F)F)c1Cl. The van der Waals surface area contributed by atoms with E-state index in [0.717, 1.165) is 4.68 Å². The van der Waals surface area contributed by atoms with Crippen LogP contribution in [-0.2, 0) is 7.05 Å². The normalized spacial score (nSPS) is 10.9.